The van der Waals surface area contributed by atoms with Crippen molar-refractivity contribution in [2.24, 2.45) is 0 Å². The molecule has 2 unspecified atom stereocenters. The van der Waals surface area contributed by atoms with E-state index in [1.165, 1.54) is 0 Å². The van der Waals surface area contributed by atoms with Gasteiger partial charge in [-0.3, -0.25) is 4.90 Å². The molecule has 2 N–H and O–H groups in total. The number of hydrogen-bond acceptors (Lipinski definition) is 3. The van der Waals surface area contributed by atoms with Crippen LogP contribution in [0.3, 0.4) is 0 Å². The summed E-state index contributed by atoms with van der Waals surface area (Å²) in [7, 11) is 0. The molecule has 1 rings (SSSR count). The summed E-state index contributed by atoms with van der Waals surface area (Å²) in [5, 5.41) is 17.5. The lowest BCUT2D eigenvalue weighted by Gasteiger charge is -2.14. The molecule has 0 aliphatic carbocycles. The van der Waals surface area contributed by atoms with Gasteiger partial charge in [0.1, 0.15) is 6.29 Å². The highest BCUT2D eigenvalue weighted by Gasteiger charge is 2.33. The molecule has 0 aromatic carbocycles. The monoisotopic (exact) mass is 159 g/mol. The molecule has 1 aliphatic rings. The molecule has 1 saturated heterocycles. The van der Waals surface area contributed by atoms with Crippen molar-refractivity contribution in [1.29, 1.82) is 0 Å². The minimum atomic E-state index is -1.15. The minimum Gasteiger partial charge on any atom is -0.465 e. The van der Waals surface area contributed by atoms with Crippen LogP contribution in [0.1, 0.15) is 6.42 Å². The van der Waals surface area contributed by atoms with Crippen LogP contribution in [0, 0.1) is 0 Å². The standard InChI is InChI=1S/C6H9NO4/c8-3-4-1-5(9)2-7(4)6(10)11/h3-5,9H,1-2H2,(H,10,11). The molecule has 11 heavy (non-hydrogen) atoms. The topological polar surface area (TPSA) is 77.8 Å². The smallest absolute Gasteiger partial charge is 0.407 e. The van der Waals surface area contributed by atoms with Crippen LogP contribution in [0.5, 0.6) is 0 Å². The van der Waals surface area contributed by atoms with Crippen LogP contribution in [0.2, 0.25) is 0 Å². The molecule has 0 aromatic heterocycles. The fourth-order valence-corrected chi connectivity index (χ4v) is 1.19. The van der Waals surface area contributed by atoms with Gasteiger partial charge in [0.05, 0.1) is 18.7 Å². The molecule has 0 saturated carbocycles. The van der Waals surface area contributed by atoms with Gasteiger partial charge in [0.25, 0.3) is 0 Å². The number of hydrogen-bond donors (Lipinski definition) is 2. The molecule has 1 amide bonds. The molecule has 2 atom stereocenters. The van der Waals surface area contributed by atoms with E-state index < -0.39 is 18.2 Å². The lowest BCUT2D eigenvalue weighted by Crippen LogP contribution is -2.35. The number of nitrogens with zero attached hydrogens (tertiary/aromatic N) is 1. The number of aliphatic hydroxyl groups is 1. The van der Waals surface area contributed by atoms with Gasteiger partial charge in [-0.1, -0.05) is 0 Å². The van der Waals surface area contributed by atoms with E-state index in [4.69, 9.17) is 10.2 Å². The highest BCUT2D eigenvalue weighted by atomic mass is 16.4. The van der Waals surface area contributed by atoms with E-state index in [0.29, 0.717) is 6.29 Å². The van der Waals surface area contributed by atoms with Crippen molar-refractivity contribution in [1.82, 2.24) is 4.90 Å². The van der Waals surface area contributed by atoms with Gasteiger partial charge >= 0.3 is 6.09 Å². The second-order valence-corrected chi connectivity index (χ2v) is 2.53. The van der Waals surface area contributed by atoms with Crippen molar-refractivity contribution in [2.45, 2.75) is 18.6 Å². The van der Waals surface area contributed by atoms with Crippen LogP contribution in [0.4, 0.5) is 4.79 Å². The molecule has 62 valence electrons. The fourth-order valence-electron chi connectivity index (χ4n) is 1.19. The van der Waals surface area contributed by atoms with Crippen LogP contribution in [-0.2, 0) is 4.79 Å². The molecule has 0 aromatic rings. The molecular weight excluding hydrogens is 150 g/mol. The van der Waals surface area contributed by atoms with Gasteiger partial charge in [0, 0.05) is 6.42 Å². The quantitative estimate of drug-likeness (QED) is 0.496. The van der Waals surface area contributed by atoms with Crippen LogP contribution in [0.25, 0.3) is 0 Å². The highest BCUT2D eigenvalue weighted by Crippen LogP contribution is 2.15. The molecule has 5 heteroatoms. The summed E-state index contributed by atoms with van der Waals surface area (Å²) >= 11 is 0. The Balaban J connectivity index is 2.64. The average Bonchev–Trinajstić information content (AvgIpc) is 2.30. The summed E-state index contributed by atoms with van der Waals surface area (Å²) < 4.78 is 0. The van der Waals surface area contributed by atoms with Crippen molar-refractivity contribution in [3.05, 3.63) is 0 Å². The van der Waals surface area contributed by atoms with Crippen molar-refractivity contribution in [3.63, 3.8) is 0 Å². The Hall–Kier alpha value is -1.10. The minimum absolute atomic E-state index is 0.0404. The first-order chi connectivity index (χ1) is 5.15. The summed E-state index contributed by atoms with van der Waals surface area (Å²) in [6.45, 7) is 0.0404. The number of carbonyl (C=O) groups excluding carboxylic acids is 1. The Morgan fingerprint density at radius 3 is 2.64 bits per heavy atom. The first-order valence-corrected chi connectivity index (χ1v) is 3.28. The molecule has 0 spiro atoms. The zero-order chi connectivity index (χ0) is 8.43. The first-order valence-electron chi connectivity index (χ1n) is 3.28. The van der Waals surface area contributed by atoms with Gasteiger partial charge in [0.15, 0.2) is 0 Å². The number of carboxylic acid groups (broad SMARTS) is 1. The number of carbonyl (C=O) groups is 2. The lowest BCUT2D eigenvalue weighted by molar-refractivity contribution is -0.111. The summed E-state index contributed by atoms with van der Waals surface area (Å²) in [5.41, 5.74) is 0. The van der Waals surface area contributed by atoms with Crippen LogP contribution in [-0.4, -0.2) is 46.2 Å². The predicted octanol–water partition coefficient (Wildman–Crippen LogP) is -0.702. The van der Waals surface area contributed by atoms with E-state index in [1.807, 2.05) is 0 Å². The summed E-state index contributed by atoms with van der Waals surface area (Å²) in [6.07, 6.45) is -1.08. The van der Waals surface area contributed by atoms with Gasteiger partial charge in [-0.25, -0.2) is 4.79 Å². The predicted molar refractivity (Wildman–Crippen MR) is 35.2 cm³/mol. The summed E-state index contributed by atoms with van der Waals surface area (Å²) in [5.74, 6) is 0. The number of likely N-dealkylation sites (tertiary alicyclic amines) is 1. The molecule has 1 fully saturated rings. The van der Waals surface area contributed by atoms with Gasteiger partial charge in [-0.05, 0) is 0 Å². The SMILES string of the molecule is O=CC1CC(O)CN1C(=O)O. The van der Waals surface area contributed by atoms with Crippen LogP contribution < -0.4 is 0 Å². The molecule has 0 bridgehead atoms. The summed E-state index contributed by atoms with van der Waals surface area (Å²) in [4.78, 5) is 21.6. The van der Waals surface area contributed by atoms with Gasteiger partial charge in [-0.15, -0.1) is 0 Å². The zero-order valence-corrected chi connectivity index (χ0v) is 5.80. The number of β-amino-alcohol motifs (C(OH)–C–C–N with tert-alkyl or cyclic N) is 1. The van der Waals surface area contributed by atoms with E-state index >= 15 is 0 Å². The lowest BCUT2D eigenvalue weighted by atomic mass is 10.2. The van der Waals surface area contributed by atoms with E-state index in [0.717, 1.165) is 4.90 Å². The maximum absolute atomic E-state index is 10.4. The number of amides is 1. The fraction of sp³-hybridized carbons (Fsp3) is 0.667. The van der Waals surface area contributed by atoms with Crippen molar-refractivity contribution >= 4 is 12.4 Å². The second-order valence-electron chi connectivity index (χ2n) is 2.53. The third kappa shape index (κ3) is 1.48. The average molecular weight is 159 g/mol. The number of aliphatic hydroxyl groups excluding tert-OH is 1. The molecular formula is C6H9NO4. The number of aldehydes is 1. The Morgan fingerprint density at radius 2 is 2.27 bits per heavy atom. The largest absolute Gasteiger partial charge is 0.465 e. The van der Waals surface area contributed by atoms with Crippen LogP contribution >= 0.6 is 0 Å². The second kappa shape index (κ2) is 2.87. The first kappa shape index (κ1) is 8.00. The van der Waals surface area contributed by atoms with Gasteiger partial charge in [-0.2, -0.15) is 0 Å². The normalized spacial score (nSPS) is 30.5. The zero-order valence-electron chi connectivity index (χ0n) is 5.80. The van der Waals surface area contributed by atoms with Crippen LogP contribution in [0.15, 0.2) is 0 Å². The molecule has 1 aliphatic heterocycles. The number of rotatable bonds is 1. The third-order valence-electron chi connectivity index (χ3n) is 1.72. The highest BCUT2D eigenvalue weighted by molar-refractivity contribution is 5.72. The van der Waals surface area contributed by atoms with Crippen molar-refractivity contribution in [3.8, 4) is 0 Å². The van der Waals surface area contributed by atoms with Gasteiger partial charge < -0.3 is 15.0 Å². The van der Waals surface area contributed by atoms with Gasteiger partial charge in [0.2, 0.25) is 0 Å². The summed E-state index contributed by atoms with van der Waals surface area (Å²) in [6, 6.07) is -0.664. The van der Waals surface area contributed by atoms with Crippen molar-refractivity contribution in [2.75, 3.05) is 6.54 Å². The Morgan fingerprint density at radius 1 is 1.64 bits per heavy atom. The third-order valence-corrected chi connectivity index (χ3v) is 1.72. The Bertz CT molecular complexity index is 181. The van der Waals surface area contributed by atoms with E-state index in [2.05, 4.69) is 0 Å². The van der Waals surface area contributed by atoms with E-state index in [1.54, 1.807) is 0 Å². The Labute approximate surface area is 63.2 Å². The van der Waals surface area contributed by atoms with Crippen molar-refractivity contribution < 1.29 is 19.8 Å². The van der Waals surface area contributed by atoms with E-state index in [-0.39, 0.29) is 13.0 Å². The molecule has 1 heterocycles. The maximum Gasteiger partial charge on any atom is 0.407 e. The molecule has 0 radical (unpaired) electrons. The maximum atomic E-state index is 10.4. The Kier molecular flexibility index (Phi) is 2.09. The van der Waals surface area contributed by atoms with E-state index in [9.17, 15) is 9.59 Å². The molecule has 5 nitrogen and oxygen atoms in total.